The molecule has 0 aliphatic rings. The van der Waals surface area contributed by atoms with Crippen molar-refractivity contribution in [2.75, 3.05) is 21.2 Å². The van der Waals surface area contributed by atoms with Gasteiger partial charge in [-0.05, 0) is 29.3 Å². The maximum Gasteiger partial charge on any atom is 0.337 e. The quantitative estimate of drug-likeness (QED) is 0.441. The molecule has 0 spiro atoms. The molecule has 3 aromatic carbocycles. The summed E-state index contributed by atoms with van der Waals surface area (Å²) in [6.45, 7) is 0. The summed E-state index contributed by atoms with van der Waals surface area (Å²) in [4.78, 5) is 27.0. The average molecular weight is 398 g/mol. The van der Waals surface area contributed by atoms with Crippen molar-refractivity contribution in [1.82, 2.24) is 9.47 Å². The van der Waals surface area contributed by atoms with E-state index in [1.807, 2.05) is 66.7 Å². The number of amides is 1. The van der Waals surface area contributed by atoms with E-state index in [0.717, 1.165) is 33.3 Å². The van der Waals surface area contributed by atoms with Crippen molar-refractivity contribution in [3.05, 3.63) is 84.4 Å². The minimum absolute atomic E-state index is 0.160. The smallest absolute Gasteiger partial charge is 0.337 e. The summed E-state index contributed by atoms with van der Waals surface area (Å²) in [5.41, 5.74) is 4.75. The highest BCUT2D eigenvalue weighted by molar-refractivity contribution is 6.11. The van der Waals surface area contributed by atoms with E-state index in [9.17, 15) is 9.59 Å². The van der Waals surface area contributed by atoms with Crippen LogP contribution in [0.15, 0.2) is 78.9 Å². The van der Waals surface area contributed by atoms with E-state index in [1.54, 1.807) is 35.7 Å². The minimum Gasteiger partial charge on any atom is -0.465 e. The van der Waals surface area contributed by atoms with Crippen LogP contribution >= 0.6 is 0 Å². The first-order chi connectivity index (χ1) is 14.5. The van der Waals surface area contributed by atoms with Gasteiger partial charge in [0.2, 0.25) is 0 Å². The Hall–Kier alpha value is -3.86. The molecule has 0 saturated heterocycles. The highest BCUT2D eigenvalue weighted by Gasteiger charge is 2.25. The van der Waals surface area contributed by atoms with Gasteiger partial charge in [0, 0.05) is 25.0 Å². The lowest BCUT2D eigenvalue weighted by Gasteiger charge is -2.16. The Balaban J connectivity index is 2.18. The number of hydrogen-bond acceptors (Lipinski definition) is 3. The largest absolute Gasteiger partial charge is 0.465 e. The molecule has 1 heterocycles. The van der Waals surface area contributed by atoms with Crippen molar-refractivity contribution in [3.8, 4) is 22.4 Å². The number of aromatic nitrogens is 1. The molecular formula is C25H22N2O3. The number of nitrogens with zero attached hydrogens (tertiary/aromatic N) is 2. The third kappa shape index (κ3) is 3.24. The molecule has 0 N–H and O–H groups in total. The zero-order chi connectivity index (χ0) is 21.3. The van der Waals surface area contributed by atoms with Crippen LogP contribution in [0.3, 0.4) is 0 Å². The van der Waals surface area contributed by atoms with Crippen LogP contribution in [0.1, 0.15) is 10.4 Å². The molecule has 30 heavy (non-hydrogen) atoms. The molecular weight excluding hydrogens is 376 g/mol. The number of carbonyl (C=O) groups is 2. The van der Waals surface area contributed by atoms with Gasteiger partial charge < -0.3 is 9.64 Å². The Morgan fingerprint density at radius 1 is 0.833 bits per heavy atom. The van der Waals surface area contributed by atoms with Gasteiger partial charge in [-0.2, -0.15) is 0 Å². The molecule has 150 valence electrons. The highest BCUT2D eigenvalue weighted by atomic mass is 16.5. The van der Waals surface area contributed by atoms with Gasteiger partial charge in [-0.15, -0.1) is 0 Å². The molecule has 1 aromatic heterocycles. The second-order valence-corrected chi connectivity index (χ2v) is 7.19. The van der Waals surface area contributed by atoms with E-state index in [1.165, 1.54) is 7.11 Å². The standard InChI is InChI=1S/C25H22N2O3/c1-26(2)25(29)27-21-15-14-19(24(28)30-3)16-20(21)22(17-10-6-4-7-11-17)23(27)18-12-8-5-9-13-18/h4-16H,1-3H3. The minimum atomic E-state index is -0.413. The van der Waals surface area contributed by atoms with Crippen LogP contribution in [0.5, 0.6) is 0 Å². The van der Waals surface area contributed by atoms with E-state index in [4.69, 9.17) is 4.74 Å². The summed E-state index contributed by atoms with van der Waals surface area (Å²) in [5, 5.41) is 0.818. The van der Waals surface area contributed by atoms with Crippen LogP contribution in [-0.4, -0.2) is 42.7 Å². The van der Waals surface area contributed by atoms with Crippen molar-refractivity contribution in [2.24, 2.45) is 0 Å². The van der Waals surface area contributed by atoms with Gasteiger partial charge >= 0.3 is 12.0 Å². The summed E-state index contributed by atoms with van der Waals surface area (Å²) in [6.07, 6.45) is 0. The fourth-order valence-corrected chi connectivity index (χ4v) is 3.70. The van der Waals surface area contributed by atoms with Gasteiger partial charge in [-0.1, -0.05) is 60.7 Å². The molecule has 0 saturated carbocycles. The topological polar surface area (TPSA) is 51.5 Å². The number of hydrogen-bond donors (Lipinski definition) is 0. The van der Waals surface area contributed by atoms with Crippen molar-refractivity contribution < 1.29 is 14.3 Å². The Kier molecular flexibility index (Phi) is 5.11. The first kappa shape index (κ1) is 19.5. The molecule has 0 aliphatic carbocycles. The van der Waals surface area contributed by atoms with Crippen LogP contribution in [-0.2, 0) is 4.74 Å². The number of methoxy groups -OCH3 is 1. The second kappa shape index (κ2) is 7.87. The summed E-state index contributed by atoms with van der Waals surface area (Å²) in [6, 6.07) is 24.9. The Morgan fingerprint density at radius 2 is 1.43 bits per heavy atom. The molecule has 0 atom stereocenters. The first-order valence-corrected chi connectivity index (χ1v) is 9.62. The van der Waals surface area contributed by atoms with Gasteiger partial charge in [0.1, 0.15) is 0 Å². The van der Waals surface area contributed by atoms with Crippen LogP contribution in [0.25, 0.3) is 33.3 Å². The van der Waals surface area contributed by atoms with E-state index in [2.05, 4.69) is 0 Å². The van der Waals surface area contributed by atoms with E-state index < -0.39 is 5.97 Å². The predicted molar refractivity (Wildman–Crippen MR) is 119 cm³/mol. The van der Waals surface area contributed by atoms with Crippen LogP contribution in [0, 0.1) is 0 Å². The summed E-state index contributed by atoms with van der Waals surface area (Å²) in [5.74, 6) is -0.413. The molecule has 4 aromatic rings. The Labute approximate surface area is 175 Å². The molecule has 0 unspecified atom stereocenters. The third-order valence-electron chi connectivity index (χ3n) is 5.07. The lowest BCUT2D eigenvalue weighted by atomic mass is 9.97. The van der Waals surface area contributed by atoms with Gasteiger partial charge in [-0.25, -0.2) is 9.59 Å². The predicted octanol–water partition coefficient (Wildman–Crippen LogP) is 5.29. The number of benzene rings is 3. The monoisotopic (exact) mass is 398 g/mol. The van der Waals surface area contributed by atoms with E-state index >= 15 is 0 Å². The van der Waals surface area contributed by atoms with Gasteiger partial charge in [0.15, 0.2) is 0 Å². The van der Waals surface area contributed by atoms with E-state index in [-0.39, 0.29) is 6.03 Å². The van der Waals surface area contributed by atoms with Crippen molar-refractivity contribution in [1.29, 1.82) is 0 Å². The number of fused-ring (bicyclic) bond motifs is 1. The SMILES string of the molecule is COC(=O)c1ccc2c(c1)c(-c1ccccc1)c(-c1ccccc1)n2C(=O)N(C)C. The van der Waals surface area contributed by atoms with Crippen LogP contribution in [0.4, 0.5) is 4.79 Å². The van der Waals surface area contributed by atoms with Crippen molar-refractivity contribution in [3.63, 3.8) is 0 Å². The third-order valence-corrected chi connectivity index (χ3v) is 5.07. The molecule has 5 nitrogen and oxygen atoms in total. The molecule has 0 bridgehead atoms. The Bertz CT molecular complexity index is 1230. The van der Waals surface area contributed by atoms with Crippen molar-refractivity contribution in [2.45, 2.75) is 0 Å². The summed E-state index contributed by atoms with van der Waals surface area (Å²) >= 11 is 0. The number of ether oxygens (including phenoxy) is 1. The molecule has 0 fully saturated rings. The summed E-state index contributed by atoms with van der Waals surface area (Å²) < 4.78 is 6.63. The zero-order valence-corrected chi connectivity index (χ0v) is 17.1. The number of rotatable bonds is 3. The van der Waals surface area contributed by atoms with E-state index in [0.29, 0.717) is 5.56 Å². The van der Waals surface area contributed by atoms with Gasteiger partial charge in [0.25, 0.3) is 0 Å². The molecule has 5 heteroatoms. The van der Waals surface area contributed by atoms with Crippen molar-refractivity contribution >= 4 is 22.9 Å². The first-order valence-electron chi connectivity index (χ1n) is 9.62. The zero-order valence-electron chi connectivity index (χ0n) is 17.1. The second-order valence-electron chi connectivity index (χ2n) is 7.19. The lowest BCUT2D eigenvalue weighted by Crippen LogP contribution is -2.27. The Morgan fingerprint density at radius 3 is 2.00 bits per heavy atom. The fraction of sp³-hybridized carbons (Fsp3) is 0.120. The fourth-order valence-electron chi connectivity index (χ4n) is 3.70. The maximum absolute atomic E-state index is 13.3. The molecule has 0 aliphatic heterocycles. The molecule has 4 rings (SSSR count). The van der Waals surface area contributed by atoms with Gasteiger partial charge in [-0.3, -0.25) is 4.57 Å². The van der Waals surface area contributed by atoms with Crippen LogP contribution in [0.2, 0.25) is 0 Å². The number of carbonyl (C=O) groups excluding carboxylic acids is 2. The maximum atomic E-state index is 13.3. The van der Waals surface area contributed by atoms with Gasteiger partial charge in [0.05, 0.1) is 23.9 Å². The summed E-state index contributed by atoms with van der Waals surface area (Å²) in [7, 11) is 4.82. The normalized spacial score (nSPS) is 10.8. The molecule has 0 radical (unpaired) electrons. The van der Waals surface area contributed by atoms with Crippen LogP contribution < -0.4 is 0 Å². The lowest BCUT2D eigenvalue weighted by molar-refractivity contribution is 0.0601. The molecule has 1 amide bonds. The number of esters is 1. The average Bonchev–Trinajstić information content (AvgIpc) is 3.13. The highest BCUT2D eigenvalue weighted by Crippen LogP contribution is 2.41.